The van der Waals surface area contributed by atoms with Crippen LogP contribution in [0.4, 0.5) is 4.39 Å². The summed E-state index contributed by atoms with van der Waals surface area (Å²) in [4.78, 5) is 0. The van der Waals surface area contributed by atoms with Gasteiger partial charge in [-0.25, -0.2) is 4.39 Å². The van der Waals surface area contributed by atoms with Crippen molar-refractivity contribution in [2.75, 3.05) is 13.2 Å². The monoisotopic (exact) mass is 246 g/mol. The Morgan fingerprint density at radius 2 is 2.38 bits per heavy atom. The van der Waals surface area contributed by atoms with Gasteiger partial charge < -0.3 is 9.47 Å². The van der Waals surface area contributed by atoms with Gasteiger partial charge in [-0.05, 0) is 28.1 Å². The second-order valence-corrected chi connectivity index (χ2v) is 3.70. The second-order valence-electron chi connectivity index (χ2n) is 2.84. The standard InChI is InChI=1S/C9H8BrFO2/c10-8-2-1-6(3-9(8)11)12-4-7-5-13-7/h1-3,7H,4-5H2/t7-/m0/s1. The van der Waals surface area contributed by atoms with Crippen molar-refractivity contribution in [3.63, 3.8) is 0 Å². The Kier molecular flexibility index (Phi) is 2.51. The highest BCUT2D eigenvalue weighted by Gasteiger charge is 2.23. The van der Waals surface area contributed by atoms with Crippen molar-refractivity contribution in [1.82, 2.24) is 0 Å². The van der Waals surface area contributed by atoms with Gasteiger partial charge >= 0.3 is 0 Å². The molecule has 1 saturated heterocycles. The minimum absolute atomic E-state index is 0.201. The Hall–Kier alpha value is -0.610. The van der Waals surface area contributed by atoms with Gasteiger partial charge in [0.2, 0.25) is 0 Å². The number of rotatable bonds is 3. The third-order valence-corrected chi connectivity index (χ3v) is 2.37. The minimum Gasteiger partial charge on any atom is -0.491 e. The summed E-state index contributed by atoms with van der Waals surface area (Å²) in [6.07, 6.45) is 0.201. The first-order valence-electron chi connectivity index (χ1n) is 3.95. The van der Waals surface area contributed by atoms with Crippen LogP contribution < -0.4 is 4.74 Å². The van der Waals surface area contributed by atoms with E-state index in [0.29, 0.717) is 16.8 Å². The van der Waals surface area contributed by atoms with Crippen molar-refractivity contribution < 1.29 is 13.9 Å². The van der Waals surface area contributed by atoms with E-state index in [-0.39, 0.29) is 11.9 Å². The lowest BCUT2D eigenvalue weighted by atomic mass is 10.3. The van der Waals surface area contributed by atoms with Crippen LogP contribution in [0.2, 0.25) is 0 Å². The van der Waals surface area contributed by atoms with Gasteiger partial charge in [-0.1, -0.05) is 0 Å². The predicted molar refractivity (Wildman–Crippen MR) is 49.3 cm³/mol. The maximum absolute atomic E-state index is 13.0. The van der Waals surface area contributed by atoms with Gasteiger partial charge in [-0.15, -0.1) is 0 Å². The molecule has 0 bridgehead atoms. The number of ether oxygens (including phenoxy) is 2. The molecule has 0 unspecified atom stereocenters. The number of epoxide rings is 1. The molecular weight excluding hydrogens is 239 g/mol. The average Bonchev–Trinajstić information content (AvgIpc) is 2.91. The molecule has 0 spiro atoms. The van der Waals surface area contributed by atoms with E-state index >= 15 is 0 Å². The second kappa shape index (κ2) is 3.64. The van der Waals surface area contributed by atoms with Crippen molar-refractivity contribution in [3.8, 4) is 5.75 Å². The third-order valence-electron chi connectivity index (χ3n) is 1.73. The fourth-order valence-corrected chi connectivity index (χ4v) is 1.17. The van der Waals surface area contributed by atoms with Crippen LogP contribution in [0, 0.1) is 5.82 Å². The van der Waals surface area contributed by atoms with Crippen molar-refractivity contribution >= 4 is 15.9 Å². The molecule has 0 saturated carbocycles. The van der Waals surface area contributed by atoms with E-state index in [2.05, 4.69) is 15.9 Å². The molecular formula is C9H8BrFO2. The van der Waals surface area contributed by atoms with Crippen LogP contribution in [-0.4, -0.2) is 19.3 Å². The number of hydrogen-bond donors (Lipinski definition) is 0. The zero-order valence-electron chi connectivity index (χ0n) is 6.80. The van der Waals surface area contributed by atoms with Crippen LogP contribution in [0.25, 0.3) is 0 Å². The molecule has 1 fully saturated rings. The molecule has 0 N–H and O–H groups in total. The molecule has 1 aliphatic rings. The summed E-state index contributed by atoms with van der Waals surface area (Å²) in [6.45, 7) is 1.25. The van der Waals surface area contributed by atoms with Crippen LogP contribution in [0.1, 0.15) is 0 Å². The van der Waals surface area contributed by atoms with Crippen LogP contribution >= 0.6 is 15.9 Å². The molecule has 0 amide bonds. The maximum Gasteiger partial charge on any atom is 0.141 e. The van der Waals surface area contributed by atoms with Crippen molar-refractivity contribution in [1.29, 1.82) is 0 Å². The van der Waals surface area contributed by atoms with E-state index in [1.165, 1.54) is 6.07 Å². The summed E-state index contributed by atoms with van der Waals surface area (Å²) in [5, 5.41) is 0. The van der Waals surface area contributed by atoms with Crippen LogP contribution in [-0.2, 0) is 4.74 Å². The highest BCUT2D eigenvalue weighted by atomic mass is 79.9. The van der Waals surface area contributed by atoms with Gasteiger partial charge in [-0.2, -0.15) is 0 Å². The van der Waals surface area contributed by atoms with Crippen LogP contribution in [0.15, 0.2) is 22.7 Å². The molecule has 1 aromatic carbocycles. The van der Waals surface area contributed by atoms with Gasteiger partial charge in [0.05, 0.1) is 11.1 Å². The first kappa shape index (κ1) is 8.97. The molecule has 13 heavy (non-hydrogen) atoms. The van der Waals surface area contributed by atoms with E-state index < -0.39 is 0 Å². The van der Waals surface area contributed by atoms with E-state index in [0.717, 1.165) is 6.61 Å². The molecule has 0 aliphatic carbocycles. The van der Waals surface area contributed by atoms with E-state index in [9.17, 15) is 4.39 Å². The number of halogens is 2. The Morgan fingerprint density at radius 1 is 1.62 bits per heavy atom. The van der Waals surface area contributed by atoms with Gasteiger partial charge in [0.1, 0.15) is 24.3 Å². The fourth-order valence-electron chi connectivity index (χ4n) is 0.920. The van der Waals surface area contributed by atoms with E-state index in [1.807, 2.05) is 0 Å². The van der Waals surface area contributed by atoms with Crippen molar-refractivity contribution in [3.05, 3.63) is 28.5 Å². The first-order chi connectivity index (χ1) is 6.25. The summed E-state index contributed by atoms with van der Waals surface area (Å²) >= 11 is 3.07. The van der Waals surface area contributed by atoms with Gasteiger partial charge in [0.15, 0.2) is 0 Å². The van der Waals surface area contributed by atoms with Crippen LogP contribution in [0.3, 0.4) is 0 Å². The number of benzene rings is 1. The summed E-state index contributed by atoms with van der Waals surface area (Å²) < 4.78 is 23.6. The summed E-state index contributed by atoms with van der Waals surface area (Å²) in [5.41, 5.74) is 0. The lowest BCUT2D eigenvalue weighted by Crippen LogP contribution is -2.04. The first-order valence-corrected chi connectivity index (χ1v) is 4.74. The molecule has 1 atom stereocenters. The fraction of sp³-hybridized carbons (Fsp3) is 0.333. The lowest BCUT2D eigenvalue weighted by Gasteiger charge is -2.04. The molecule has 1 aromatic rings. The Bertz CT molecular complexity index is 312. The van der Waals surface area contributed by atoms with Gasteiger partial charge in [0, 0.05) is 6.07 Å². The molecule has 70 valence electrons. The lowest BCUT2D eigenvalue weighted by molar-refractivity contribution is 0.262. The van der Waals surface area contributed by atoms with Gasteiger partial charge in [-0.3, -0.25) is 0 Å². The highest BCUT2D eigenvalue weighted by Crippen LogP contribution is 2.21. The third kappa shape index (κ3) is 2.42. The minimum atomic E-state index is -0.311. The maximum atomic E-state index is 13.0. The van der Waals surface area contributed by atoms with Crippen molar-refractivity contribution in [2.24, 2.45) is 0 Å². The normalized spacial score (nSPS) is 20.0. The predicted octanol–water partition coefficient (Wildman–Crippen LogP) is 2.37. The largest absolute Gasteiger partial charge is 0.491 e. The summed E-state index contributed by atoms with van der Waals surface area (Å²) in [5.74, 6) is 0.227. The molecule has 2 rings (SSSR count). The van der Waals surface area contributed by atoms with E-state index in [1.54, 1.807) is 12.1 Å². The Morgan fingerprint density at radius 3 is 3.00 bits per heavy atom. The topological polar surface area (TPSA) is 21.8 Å². The SMILES string of the molecule is Fc1cc(OC[C@H]2CO2)ccc1Br. The Labute approximate surface area is 83.8 Å². The molecule has 1 heterocycles. The zero-order chi connectivity index (χ0) is 9.26. The summed E-state index contributed by atoms with van der Waals surface area (Å²) in [6, 6.07) is 4.69. The molecule has 0 radical (unpaired) electrons. The zero-order valence-corrected chi connectivity index (χ0v) is 8.38. The smallest absolute Gasteiger partial charge is 0.141 e. The molecule has 4 heteroatoms. The Balaban J connectivity index is 1.98. The van der Waals surface area contributed by atoms with Crippen LogP contribution in [0.5, 0.6) is 5.75 Å². The highest BCUT2D eigenvalue weighted by molar-refractivity contribution is 9.10. The van der Waals surface area contributed by atoms with Gasteiger partial charge in [0.25, 0.3) is 0 Å². The quantitative estimate of drug-likeness (QED) is 0.765. The van der Waals surface area contributed by atoms with Crippen molar-refractivity contribution in [2.45, 2.75) is 6.10 Å². The van der Waals surface area contributed by atoms with E-state index in [4.69, 9.17) is 9.47 Å². The number of hydrogen-bond acceptors (Lipinski definition) is 2. The molecule has 0 aromatic heterocycles. The molecule has 1 aliphatic heterocycles. The average molecular weight is 247 g/mol. The molecule has 2 nitrogen and oxygen atoms in total. The summed E-state index contributed by atoms with van der Waals surface area (Å²) in [7, 11) is 0.